The Bertz CT molecular complexity index is 828. The number of hydrogen-bond acceptors (Lipinski definition) is 2. The minimum atomic E-state index is -0.160. The molecule has 26 heavy (non-hydrogen) atoms. The summed E-state index contributed by atoms with van der Waals surface area (Å²) in [4.78, 5) is 16.4. The van der Waals surface area contributed by atoms with Crippen LogP contribution in [0.5, 0.6) is 0 Å². The average molecular weight is 348 g/mol. The molecule has 0 radical (unpaired) electrons. The fraction of sp³-hybridized carbons (Fsp3) is 0.238. The molecule has 0 saturated carbocycles. The van der Waals surface area contributed by atoms with E-state index in [0.29, 0.717) is 19.5 Å². The van der Waals surface area contributed by atoms with Crippen molar-refractivity contribution < 1.29 is 4.79 Å². The zero-order valence-corrected chi connectivity index (χ0v) is 15.0. The van der Waals surface area contributed by atoms with Gasteiger partial charge in [-0.15, -0.1) is 0 Å². The third-order valence-electron chi connectivity index (χ3n) is 4.25. The zero-order valence-electron chi connectivity index (χ0n) is 15.0. The highest BCUT2D eigenvalue weighted by atomic mass is 16.2. The number of nitrogens with zero attached hydrogens (tertiary/aromatic N) is 2. The second-order valence-corrected chi connectivity index (χ2v) is 6.23. The Morgan fingerprint density at radius 3 is 2.31 bits per heavy atom. The number of urea groups is 1. The first-order valence-corrected chi connectivity index (χ1v) is 8.83. The summed E-state index contributed by atoms with van der Waals surface area (Å²) >= 11 is 0. The van der Waals surface area contributed by atoms with E-state index in [0.717, 1.165) is 23.6 Å². The fourth-order valence-electron chi connectivity index (χ4n) is 2.82. The molecule has 0 fully saturated rings. The number of benzene rings is 2. The molecule has 3 aromatic rings. The molecule has 1 aromatic heterocycles. The summed E-state index contributed by atoms with van der Waals surface area (Å²) in [7, 11) is 0. The fourth-order valence-corrected chi connectivity index (χ4v) is 2.82. The van der Waals surface area contributed by atoms with Crippen molar-refractivity contribution in [1.29, 1.82) is 0 Å². The Morgan fingerprint density at radius 2 is 1.62 bits per heavy atom. The molecular weight excluding hydrogens is 324 g/mol. The van der Waals surface area contributed by atoms with Crippen LogP contribution in [0.3, 0.4) is 0 Å². The van der Waals surface area contributed by atoms with Gasteiger partial charge in [0.1, 0.15) is 5.82 Å². The van der Waals surface area contributed by atoms with Crippen LogP contribution in [0.1, 0.15) is 22.6 Å². The quantitative estimate of drug-likeness (QED) is 0.688. The summed E-state index contributed by atoms with van der Waals surface area (Å²) < 4.78 is 2.19. The highest BCUT2D eigenvalue weighted by Crippen LogP contribution is 2.10. The third kappa shape index (κ3) is 4.96. The van der Waals surface area contributed by atoms with Gasteiger partial charge in [0, 0.05) is 37.9 Å². The molecule has 5 heteroatoms. The SMILES string of the molecule is Cc1cnc(CCNC(=O)NCc2ccccc2)n1Cc1ccccc1. The number of imidazole rings is 1. The van der Waals surface area contributed by atoms with E-state index in [-0.39, 0.29) is 6.03 Å². The first-order valence-electron chi connectivity index (χ1n) is 8.83. The van der Waals surface area contributed by atoms with Crippen LogP contribution in [0.15, 0.2) is 66.9 Å². The van der Waals surface area contributed by atoms with Crippen molar-refractivity contribution in [3.63, 3.8) is 0 Å². The Morgan fingerprint density at radius 1 is 0.962 bits per heavy atom. The third-order valence-corrected chi connectivity index (χ3v) is 4.25. The van der Waals surface area contributed by atoms with Crippen LogP contribution < -0.4 is 10.6 Å². The lowest BCUT2D eigenvalue weighted by atomic mass is 10.2. The number of carbonyl (C=O) groups excluding carboxylic acids is 1. The van der Waals surface area contributed by atoms with E-state index in [9.17, 15) is 4.79 Å². The molecule has 0 unspecified atom stereocenters. The van der Waals surface area contributed by atoms with Crippen molar-refractivity contribution in [2.75, 3.05) is 6.54 Å². The molecular formula is C21H24N4O. The molecule has 0 aliphatic rings. The number of amides is 2. The monoisotopic (exact) mass is 348 g/mol. The Kier molecular flexibility index (Phi) is 6.04. The van der Waals surface area contributed by atoms with E-state index in [1.807, 2.05) is 54.7 Å². The maximum atomic E-state index is 11.9. The number of aromatic nitrogens is 2. The molecule has 1 heterocycles. The van der Waals surface area contributed by atoms with Crippen LogP contribution in [0, 0.1) is 6.92 Å². The molecule has 0 saturated heterocycles. The lowest BCUT2D eigenvalue weighted by Gasteiger charge is -2.11. The van der Waals surface area contributed by atoms with Crippen LogP contribution in [0.25, 0.3) is 0 Å². The Hall–Kier alpha value is -3.08. The minimum absolute atomic E-state index is 0.160. The summed E-state index contributed by atoms with van der Waals surface area (Å²) in [6.07, 6.45) is 2.58. The van der Waals surface area contributed by atoms with Crippen molar-refractivity contribution in [3.05, 3.63) is 89.5 Å². The van der Waals surface area contributed by atoms with Crippen molar-refractivity contribution in [2.45, 2.75) is 26.4 Å². The molecule has 0 bridgehead atoms. The topological polar surface area (TPSA) is 59.0 Å². The lowest BCUT2D eigenvalue weighted by Crippen LogP contribution is -2.36. The van der Waals surface area contributed by atoms with Gasteiger partial charge < -0.3 is 15.2 Å². The zero-order chi connectivity index (χ0) is 18.2. The van der Waals surface area contributed by atoms with Crippen LogP contribution in [0.2, 0.25) is 0 Å². The van der Waals surface area contributed by atoms with Gasteiger partial charge in [-0.2, -0.15) is 0 Å². The molecule has 5 nitrogen and oxygen atoms in total. The summed E-state index contributed by atoms with van der Waals surface area (Å²) in [5.74, 6) is 0.981. The predicted molar refractivity (Wildman–Crippen MR) is 103 cm³/mol. The van der Waals surface area contributed by atoms with Gasteiger partial charge in [-0.05, 0) is 18.1 Å². The van der Waals surface area contributed by atoms with Gasteiger partial charge in [0.25, 0.3) is 0 Å². The van der Waals surface area contributed by atoms with E-state index in [4.69, 9.17) is 0 Å². The number of rotatable bonds is 7. The number of nitrogens with one attached hydrogen (secondary N) is 2. The van der Waals surface area contributed by atoms with Crippen molar-refractivity contribution >= 4 is 6.03 Å². The predicted octanol–water partition coefficient (Wildman–Crippen LogP) is 3.28. The van der Waals surface area contributed by atoms with Crippen molar-refractivity contribution in [1.82, 2.24) is 20.2 Å². The van der Waals surface area contributed by atoms with Crippen LogP contribution in [-0.4, -0.2) is 22.1 Å². The first kappa shape index (κ1) is 17.7. The standard InChI is InChI=1S/C21H24N4O/c1-17-14-23-20(25(17)16-19-10-6-3-7-11-19)12-13-22-21(26)24-15-18-8-4-2-5-9-18/h2-11,14H,12-13,15-16H2,1H3,(H2,22,24,26). The van der Waals surface area contributed by atoms with E-state index in [2.05, 4.69) is 39.2 Å². The molecule has 3 rings (SSSR count). The van der Waals surface area contributed by atoms with Gasteiger partial charge >= 0.3 is 6.03 Å². The number of hydrogen-bond donors (Lipinski definition) is 2. The Balaban J connectivity index is 1.48. The minimum Gasteiger partial charge on any atom is -0.338 e. The van der Waals surface area contributed by atoms with E-state index < -0.39 is 0 Å². The van der Waals surface area contributed by atoms with Gasteiger partial charge in [-0.25, -0.2) is 9.78 Å². The highest BCUT2D eigenvalue weighted by molar-refractivity contribution is 5.73. The molecule has 2 aromatic carbocycles. The maximum absolute atomic E-state index is 11.9. The highest BCUT2D eigenvalue weighted by Gasteiger charge is 2.08. The van der Waals surface area contributed by atoms with Crippen molar-refractivity contribution in [3.8, 4) is 0 Å². The lowest BCUT2D eigenvalue weighted by molar-refractivity contribution is 0.240. The maximum Gasteiger partial charge on any atom is 0.315 e. The van der Waals surface area contributed by atoms with Crippen LogP contribution >= 0.6 is 0 Å². The summed E-state index contributed by atoms with van der Waals surface area (Å²) in [5, 5.41) is 5.77. The van der Waals surface area contributed by atoms with Crippen LogP contribution in [0.4, 0.5) is 4.79 Å². The van der Waals surface area contributed by atoms with Crippen molar-refractivity contribution in [2.24, 2.45) is 0 Å². The smallest absolute Gasteiger partial charge is 0.315 e. The summed E-state index contributed by atoms with van der Waals surface area (Å²) in [6, 6.07) is 20.0. The molecule has 134 valence electrons. The average Bonchev–Trinajstić information content (AvgIpc) is 3.02. The molecule has 2 N–H and O–H groups in total. The van der Waals surface area contributed by atoms with Gasteiger partial charge in [0.2, 0.25) is 0 Å². The van der Waals surface area contributed by atoms with E-state index >= 15 is 0 Å². The molecule has 2 amide bonds. The van der Waals surface area contributed by atoms with Gasteiger partial charge in [0.05, 0.1) is 0 Å². The van der Waals surface area contributed by atoms with Crippen LogP contribution in [-0.2, 0) is 19.5 Å². The number of carbonyl (C=O) groups is 1. The summed E-state index contributed by atoms with van der Waals surface area (Å²) in [6.45, 7) is 3.92. The van der Waals surface area contributed by atoms with E-state index in [1.54, 1.807) is 0 Å². The van der Waals surface area contributed by atoms with E-state index in [1.165, 1.54) is 5.56 Å². The largest absolute Gasteiger partial charge is 0.338 e. The van der Waals surface area contributed by atoms with Gasteiger partial charge in [0.15, 0.2) is 0 Å². The number of aryl methyl sites for hydroxylation is 1. The normalized spacial score (nSPS) is 10.5. The Labute approximate surface area is 154 Å². The molecule has 0 aliphatic carbocycles. The molecule has 0 atom stereocenters. The van der Waals surface area contributed by atoms with Gasteiger partial charge in [-0.3, -0.25) is 0 Å². The molecule has 0 spiro atoms. The second kappa shape index (κ2) is 8.85. The molecule has 0 aliphatic heterocycles. The first-order chi connectivity index (χ1) is 12.7. The van der Waals surface area contributed by atoms with Gasteiger partial charge in [-0.1, -0.05) is 60.7 Å². The summed E-state index contributed by atoms with van der Waals surface area (Å²) in [5.41, 5.74) is 3.44. The second-order valence-electron chi connectivity index (χ2n) is 6.23.